The molecular weight excluding hydrogens is 519 g/mol. The summed E-state index contributed by atoms with van der Waals surface area (Å²) in [6.07, 6.45) is 1.38. The molecule has 0 atom stereocenters. The average molecular weight is 540 g/mol. The molecule has 36 heavy (non-hydrogen) atoms. The van der Waals surface area contributed by atoms with E-state index in [0.717, 1.165) is 5.56 Å². The fourth-order valence-corrected chi connectivity index (χ4v) is 4.39. The van der Waals surface area contributed by atoms with Crippen molar-refractivity contribution in [3.05, 3.63) is 134 Å². The molecule has 0 aromatic heterocycles. The van der Waals surface area contributed by atoms with Gasteiger partial charge < -0.3 is 9.84 Å². The Kier molecular flexibility index (Phi) is 8.28. The van der Waals surface area contributed by atoms with Crippen LogP contribution in [0.5, 0.6) is 5.75 Å². The van der Waals surface area contributed by atoms with Crippen LogP contribution in [0, 0.1) is 0 Å². The lowest BCUT2D eigenvalue weighted by molar-refractivity contribution is -0.136. The maximum atomic E-state index is 13.1. The summed E-state index contributed by atoms with van der Waals surface area (Å²) < 4.78 is 5.78. The Morgan fingerprint density at radius 2 is 1.36 bits per heavy atom. The molecule has 4 aromatic rings. The van der Waals surface area contributed by atoms with Gasteiger partial charge in [0, 0.05) is 10.6 Å². The Labute approximate surface area is 223 Å². The van der Waals surface area contributed by atoms with Crippen LogP contribution < -0.4 is 10.2 Å². The summed E-state index contributed by atoms with van der Waals surface area (Å²) in [5, 5.41) is 16.6. The minimum absolute atomic E-state index is 0.195. The number of hydrazone groups is 1. The summed E-state index contributed by atoms with van der Waals surface area (Å²) in [6, 6.07) is 27.8. The quantitative estimate of drug-likeness (QED) is 0.195. The van der Waals surface area contributed by atoms with Crippen molar-refractivity contribution >= 4 is 46.9 Å². The summed E-state index contributed by atoms with van der Waals surface area (Å²) in [5.41, 5.74) is 2.63. The topological polar surface area (TPSA) is 70.9 Å². The molecule has 0 saturated heterocycles. The monoisotopic (exact) mass is 538 g/mol. The highest BCUT2D eigenvalue weighted by molar-refractivity contribution is 6.37. The molecule has 4 aromatic carbocycles. The third-order valence-electron chi connectivity index (χ3n) is 5.44. The van der Waals surface area contributed by atoms with Crippen molar-refractivity contribution in [2.24, 2.45) is 5.10 Å². The van der Waals surface area contributed by atoms with Gasteiger partial charge in [-0.2, -0.15) is 5.10 Å². The maximum Gasteiger partial charge on any atom is 0.281 e. The van der Waals surface area contributed by atoms with Gasteiger partial charge in [0.05, 0.1) is 16.3 Å². The Morgan fingerprint density at radius 1 is 0.833 bits per heavy atom. The number of nitrogens with one attached hydrogen (secondary N) is 1. The van der Waals surface area contributed by atoms with Crippen LogP contribution in [0.3, 0.4) is 0 Å². The zero-order chi connectivity index (χ0) is 25.5. The number of aliphatic hydroxyl groups is 1. The van der Waals surface area contributed by atoms with Crippen molar-refractivity contribution < 1.29 is 14.6 Å². The van der Waals surface area contributed by atoms with E-state index in [0.29, 0.717) is 27.5 Å². The summed E-state index contributed by atoms with van der Waals surface area (Å²) in [7, 11) is 0. The summed E-state index contributed by atoms with van der Waals surface area (Å²) in [4.78, 5) is 13.1. The van der Waals surface area contributed by atoms with Gasteiger partial charge in [0.25, 0.3) is 5.91 Å². The van der Waals surface area contributed by atoms with E-state index >= 15 is 0 Å². The lowest BCUT2D eigenvalue weighted by Crippen LogP contribution is -2.43. The number of hydrogen-bond acceptors (Lipinski definition) is 4. The van der Waals surface area contributed by atoms with Crippen LogP contribution in [0.4, 0.5) is 0 Å². The molecule has 0 radical (unpaired) electrons. The van der Waals surface area contributed by atoms with E-state index < -0.39 is 11.5 Å². The van der Waals surface area contributed by atoms with E-state index in [2.05, 4.69) is 10.5 Å². The van der Waals surface area contributed by atoms with Crippen LogP contribution in [-0.4, -0.2) is 17.2 Å². The predicted molar refractivity (Wildman–Crippen MR) is 144 cm³/mol. The highest BCUT2D eigenvalue weighted by Gasteiger charge is 2.39. The molecule has 182 valence electrons. The maximum absolute atomic E-state index is 13.1. The van der Waals surface area contributed by atoms with Gasteiger partial charge in [0.15, 0.2) is 11.4 Å². The molecule has 5 nitrogen and oxygen atoms in total. The van der Waals surface area contributed by atoms with E-state index in [9.17, 15) is 9.90 Å². The normalized spacial score (nSPS) is 11.4. The van der Waals surface area contributed by atoms with E-state index in [-0.39, 0.29) is 16.7 Å². The molecule has 0 aliphatic heterocycles. The number of carbonyl (C=O) groups is 1. The van der Waals surface area contributed by atoms with Gasteiger partial charge in [-0.1, -0.05) is 114 Å². The van der Waals surface area contributed by atoms with Crippen molar-refractivity contribution in [3.8, 4) is 5.75 Å². The number of ether oxygens (including phenoxy) is 1. The zero-order valence-electron chi connectivity index (χ0n) is 18.9. The summed E-state index contributed by atoms with van der Waals surface area (Å²) >= 11 is 18.9. The van der Waals surface area contributed by atoms with E-state index in [4.69, 9.17) is 39.5 Å². The van der Waals surface area contributed by atoms with E-state index in [1.165, 1.54) is 6.21 Å². The highest BCUT2D eigenvalue weighted by Crippen LogP contribution is 2.35. The molecule has 1 amide bonds. The molecule has 4 rings (SSSR count). The highest BCUT2D eigenvalue weighted by atomic mass is 35.5. The molecule has 8 heteroatoms. The molecule has 0 aliphatic carbocycles. The molecule has 0 spiro atoms. The Morgan fingerprint density at radius 3 is 1.92 bits per heavy atom. The molecule has 0 aliphatic rings. The first kappa shape index (κ1) is 25.7. The smallest absolute Gasteiger partial charge is 0.281 e. The molecule has 0 saturated carbocycles. The van der Waals surface area contributed by atoms with Crippen molar-refractivity contribution in [1.29, 1.82) is 0 Å². The second kappa shape index (κ2) is 11.6. The van der Waals surface area contributed by atoms with Crippen LogP contribution in [-0.2, 0) is 17.0 Å². The van der Waals surface area contributed by atoms with Crippen LogP contribution in [0.2, 0.25) is 15.1 Å². The van der Waals surface area contributed by atoms with Crippen molar-refractivity contribution in [2.45, 2.75) is 12.2 Å². The molecule has 0 bridgehead atoms. The minimum Gasteiger partial charge on any atom is -0.486 e. The standard InChI is InChI=1S/C28H21Cl3N2O3/c29-23-14-8-7-9-20(23)18-36-26-24(30)15-19(16-25(26)31)17-32-33-27(34)28(35,21-10-3-1-4-11-21)22-12-5-2-6-13-22/h1-17,35H,18H2,(H,33,34)/b32-17+. The number of amides is 1. The van der Waals surface area contributed by atoms with Gasteiger partial charge in [-0.05, 0) is 34.9 Å². The number of carbonyl (C=O) groups excluding carboxylic acids is 1. The van der Waals surface area contributed by atoms with Crippen molar-refractivity contribution in [1.82, 2.24) is 5.43 Å². The van der Waals surface area contributed by atoms with Crippen LogP contribution in [0.1, 0.15) is 22.3 Å². The van der Waals surface area contributed by atoms with Crippen LogP contribution in [0.25, 0.3) is 0 Å². The Balaban J connectivity index is 1.50. The van der Waals surface area contributed by atoms with E-state index in [1.807, 2.05) is 18.2 Å². The van der Waals surface area contributed by atoms with Crippen molar-refractivity contribution in [3.63, 3.8) is 0 Å². The van der Waals surface area contributed by atoms with Crippen LogP contribution >= 0.6 is 34.8 Å². The zero-order valence-corrected chi connectivity index (χ0v) is 21.1. The summed E-state index contributed by atoms with van der Waals surface area (Å²) in [5.74, 6) is -0.407. The third kappa shape index (κ3) is 5.72. The Bertz CT molecular complexity index is 1320. The van der Waals surface area contributed by atoms with Gasteiger partial charge in [0.1, 0.15) is 6.61 Å². The third-order valence-corrected chi connectivity index (χ3v) is 6.37. The lowest BCUT2D eigenvalue weighted by Gasteiger charge is -2.27. The first-order valence-corrected chi connectivity index (χ1v) is 12.0. The summed E-state index contributed by atoms with van der Waals surface area (Å²) in [6.45, 7) is 0.195. The predicted octanol–water partition coefficient (Wildman–Crippen LogP) is 6.61. The van der Waals surface area contributed by atoms with Gasteiger partial charge >= 0.3 is 0 Å². The Hall–Kier alpha value is -3.35. The molecule has 0 heterocycles. The van der Waals surface area contributed by atoms with Gasteiger partial charge in [-0.15, -0.1) is 0 Å². The molecular formula is C28H21Cl3N2O3. The van der Waals surface area contributed by atoms with Crippen molar-refractivity contribution in [2.75, 3.05) is 0 Å². The second-order valence-electron chi connectivity index (χ2n) is 7.84. The second-order valence-corrected chi connectivity index (χ2v) is 9.06. The number of hydrogen-bond donors (Lipinski definition) is 2. The van der Waals surface area contributed by atoms with Gasteiger partial charge in [-0.25, -0.2) is 5.43 Å². The van der Waals surface area contributed by atoms with Gasteiger partial charge in [-0.3, -0.25) is 4.79 Å². The first-order valence-electron chi connectivity index (χ1n) is 10.9. The minimum atomic E-state index is -1.94. The number of nitrogens with zero attached hydrogens (tertiary/aromatic N) is 1. The molecule has 0 unspecified atom stereocenters. The largest absolute Gasteiger partial charge is 0.486 e. The molecule has 2 N–H and O–H groups in total. The van der Waals surface area contributed by atoms with E-state index in [1.54, 1.807) is 78.9 Å². The molecule has 0 fully saturated rings. The van der Waals surface area contributed by atoms with Crippen LogP contribution in [0.15, 0.2) is 102 Å². The SMILES string of the molecule is O=C(N/N=C/c1cc(Cl)c(OCc2ccccc2Cl)c(Cl)c1)C(O)(c1ccccc1)c1ccccc1. The lowest BCUT2D eigenvalue weighted by atomic mass is 9.85. The van der Waals surface area contributed by atoms with Gasteiger partial charge in [0.2, 0.25) is 0 Å². The fraction of sp³-hybridized carbons (Fsp3) is 0.0714. The average Bonchev–Trinajstić information content (AvgIpc) is 2.89. The number of rotatable bonds is 8. The number of benzene rings is 4. The fourth-order valence-electron chi connectivity index (χ4n) is 3.59. The number of halogens is 3. The first-order chi connectivity index (χ1) is 17.4.